The highest BCUT2D eigenvalue weighted by Crippen LogP contribution is 2.33. The van der Waals surface area contributed by atoms with Crippen LogP contribution in [0.2, 0.25) is 0 Å². The number of carbonyl (C=O) groups is 1. The SMILES string of the molecule is Nc1nccn2c(C3CCCCCN3C(=O)O)nc(Br)c12. The fourth-order valence-corrected chi connectivity index (χ4v) is 3.46. The largest absolute Gasteiger partial charge is 0.465 e. The van der Waals surface area contributed by atoms with Crippen molar-refractivity contribution in [2.75, 3.05) is 12.3 Å². The van der Waals surface area contributed by atoms with Crippen LogP contribution in [-0.4, -0.2) is 37.0 Å². The maximum absolute atomic E-state index is 11.5. The van der Waals surface area contributed by atoms with Gasteiger partial charge in [-0.3, -0.25) is 9.30 Å². The van der Waals surface area contributed by atoms with E-state index in [-0.39, 0.29) is 6.04 Å². The van der Waals surface area contributed by atoms with Crippen LogP contribution in [0.1, 0.15) is 37.5 Å². The van der Waals surface area contributed by atoms with Crippen molar-refractivity contribution in [2.24, 2.45) is 0 Å². The normalized spacial score (nSPS) is 19.7. The van der Waals surface area contributed by atoms with Gasteiger partial charge in [0.15, 0.2) is 5.82 Å². The number of hydrogen-bond donors (Lipinski definition) is 2. The number of nitrogen functional groups attached to an aromatic ring is 1. The van der Waals surface area contributed by atoms with Crippen molar-refractivity contribution in [2.45, 2.75) is 31.7 Å². The van der Waals surface area contributed by atoms with Crippen molar-refractivity contribution < 1.29 is 9.90 Å². The molecule has 7 nitrogen and oxygen atoms in total. The first-order chi connectivity index (χ1) is 10.1. The summed E-state index contributed by atoms with van der Waals surface area (Å²) < 4.78 is 2.43. The summed E-state index contributed by atoms with van der Waals surface area (Å²) in [5.74, 6) is 1.06. The van der Waals surface area contributed by atoms with E-state index in [9.17, 15) is 9.90 Å². The van der Waals surface area contributed by atoms with Crippen LogP contribution >= 0.6 is 15.9 Å². The highest BCUT2D eigenvalue weighted by Gasteiger charge is 2.30. The monoisotopic (exact) mass is 353 g/mol. The highest BCUT2D eigenvalue weighted by molar-refractivity contribution is 9.10. The molecule has 0 saturated carbocycles. The molecule has 21 heavy (non-hydrogen) atoms. The molecule has 2 aromatic rings. The van der Waals surface area contributed by atoms with E-state index in [0.717, 1.165) is 25.7 Å². The number of fused-ring (bicyclic) bond motifs is 1. The number of imidazole rings is 1. The number of carboxylic acid groups (broad SMARTS) is 1. The number of amides is 1. The van der Waals surface area contributed by atoms with Crippen LogP contribution in [0.25, 0.3) is 5.52 Å². The Morgan fingerprint density at radius 3 is 3.00 bits per heavy atom. The van der Waals surface area contributed by atoms with E-state index < -0.39 is 6.09 Å². The van der Waals surface area contributed by atoms with Crippen molar-refractivity contribution in [3.63, 3.8) is 0 Å². The lowest BCUT2D eigenvalue weighted by Gasteiger charge is -2.26. The number of nitrogens with two attached hydrogens (primary N) is 1. The Morgan fingerprint density at radius 2 is 2.24 bits per heavy atom. The summed E-state index contributed by atoms with van der Waals surface area (Å²) in [6.45, 7) is 0.535. The third-order valence-electron chi connectivity index (χ3n) is 3.86. The molecule has 1 fully saturated rings. The first kappa shape index (κ1) is 14.1. The van der Waals surface area contributed by atoms with Gasteiger partial charge < -0.3 is 10.8 Å². The van der Waals surface area contributed by atoms with E-state index in [2.05, 4.69) is 25.9 Å². The molecular weight excluding hydrogens is 338 g/mol. The molecule has 3 N–H and O–H groups in total. The molecule has 0 bridgehead atoms. The van der Waals surface area contributed by atoms with Gasteiger partial charge in [0.25, 0.3) is 0 Å². The first-order valence-electron chi connectivity index (χ1n) is 6.87. The molecule has 3 heterocycles. The Kier molecular flexibility index (Phi) is 3.71. The van der Waals surface area contributed by atoms with Gasteiger partial charge in [0.2, 0.25) is 0 Å². The van der Waals surface area contributed by atoms with E-state index in [4.69, 9.17) is 5.73 Å². The Bertz CT molecular complexity index is 686. The minimum absolute atomic E-state index is 0.259. The minimum atomic E-state index is -0.906. The van der Waals surface area contributed by atoms with Gasteiger partial charge in [-0.25, -0.2) is 14.8 Å². The standard InChI is InChI=1S/C13H16BrN5O2/c14-10-9-11(15)16-5-7-19(9)12(17-10)8-4-2-1-3-6-18(8)13(20)21/h5,7-8H,1-4,6H2,(H2,15,16)(H,20,21). The van der Waals surface area contributed by atoms with Gasteiger partial charge in [-0.15, -0.1) is 0 Å². The number of anilines is 1. The predicted octanol–water partition coefficient (Wildman–Crippen LogP) is 2.67. The second kappa shape index (κ2) is 5.51. The fourth-order valence-electron chi connectivity index (χ4n) is 2.88. The minimum Gasteiger partial charge on any atom is -0.465 e. The summed E-state index contributed by atoms with van der Waals surface area (Å²) >= 11 is 3.39. The van der Waals surface area contributed by atoms with Crippen LogP contribution in [0, 0.1) is 0 Å². The molecule has 8 heteroatoms. The Morgan fingerprint density at radius 1 is 1.43 bits per heavy atom. The quantitative estimate of drug-likeness (QED) is 0.821. The second-order valence-corrected chi connectivity index (χ2v) is 5.88. The van der Waals surface area contributed by atoms with Gasteiger partial charge in [-0.1, -0.05) is 12.8 Å². The zero-order chi connectivity index (χ0) is 15.0. The van der Waals surface area contributed by atoms with Gasteiger partial charge in [-0.2, -0.15) is 0 Å². The van der Waals surface area contributed by atoms with Crippen LogP contribution in [-0.2, 0) is 0 Å². The molecule has 0 aromatic carbocycles. The van der Waals surface area contributed by atoms with E-state index in [1.807, 2.05) is 4.40 Å². The summed E-state index contributed by atoms with van der Waals surface area (Å²) in [6, 6.07) is -0.259. The van der Waals surface area contributed by atoms with Gasteiger partial charge in [0.1, 0.15) is 15.9 Å². The zero-order valence-electron chi connectivity index (χ0n) is 11.4. The molecule has 1 amide bonds. The number of likely N-dealkylation sites (tertiary alicyclic amines) is 1. The summed E-state index contributed by atoms with van der Waals surface area (Å²) in [6.07, 6.45) is 6.13. The fraction of sp³-hybridized carbons (Fsp3) is 0.462. The van der Waals surface area contributed by atoms with Crippen molar-refractivity contribution in [3.8, 4) is 0 Å². The molecule has 1 aliphatic heterocycles. The van der Waals surface area contributed by atoms with Gasteiger partial charge in [0, 0.05) is 18.9 Å². The lowest BCUT2D eigenvalue weighted by Crippen LogP contribution is -2.34. The van der Waals surface area contributed by atoms with E-state index in [1.165, 1.54) is 4.90 Å². The van der Waals surface area contributed by atoms with Crippen LogP contribution in [0.15, 0.2) is 17.0 Å². The van der Waals surface area contributed by atoms with Crippen molar-refractivity contribution in [1.82, 2.24) is 19.3 Å². The van der Waals surface area contributed by atoms with Crippen molar-refractivity contribution >= 4 is 33.4 Å². The van der Waals surface area contributed by atoms with Gasteiger partial charge >= 0.3 is 6.09 Å². The smallest absolute Gasteiger partial charge is 0.407 e. The summed E-state index contributed by atoms with van der Waals surface area (Å²) in [5.41, 5.74) is 6.58. The van der Waals surface area contributed by atoms with E-state index >= 15 is 0 Å². The topological polar surface area (TPSA) is 96.8 Å². The Balaban J connectivity index is 2.13. The average molecular weight is 354 g/mol. The van der Waals surface area contributed by atoms with Crippen LogP contribution in [0.4, 0.5) is 10.6 Å². The molecule has 1 atom stereocenters. The van der Waals surface area contributed by atoms with Gasteiger partial charge in [0.05, 0.1) is 6.04 Å². The molecule has 1 saturated heterocycles. The predicted molar refractivity (Wildman–Crippen MR) is 81.0 cm³/mol. The highest BCUT2D eigenvalue weighted by atomic mass is 79.9. The van der Waals surface area contributed by atoms with Gasteiger partial charge in [-0.05, 0) is 28.8 Å². The third-order valence-corrected chi connectivity index (χ3v) is 4.42. The molecule has 3 rings (SSSR count). The number of aromatic nitrogens is 3. The first-order valence-corrected chi connectivity index (χ1v) is 7.66. The number of rotatable bonds is 1. The van der Waals surface area contributed by atoms with Crippen LogP contribution < -0.4 is 5.73 Å². The van der Waals surface area contributed by atoms with Crippen LogP contribution in [0.5, 0.6) is 0 Å². The van der Waals surface area contributed by atoms with Crippen molar-refractivity contribution in [3.05, 3.63) is 22.8 Å². The van der Waals surface area contributed by atoms with E-state index in [1.54, 1.807) is 12.4 Å². The maximum Gasteiger partial charge on any atom is 0.407 e. The molecule has 1 aliphatic rings. The molecule has 0 radical (unpaired) electrons. The Hall–Kier alpha value is -1.83. The molecule has 0 spiro atoms. The maximum atomic E-state index is 11.5. The summed E-state index contributed by atoms with van der Waals surface area (Å²) in [7, 11) is 0. The molecule has 2 aromatic heterocycles. The zero-order valence-corrected chi connectivity index (χ0v) is 13.0. The molecule has 1 unspecified atom stereocenters. The van der Waals surface area contributed by atoms with Crippen LogP contribution in [0.3, 0.4) is 0 Å². The molecule has 112 valence electrons. The summed E-state index contributed by atoms with van der Waals surface area (Å²) in [4.78, 5) is 21.6. The lowest BCUT2D eigenvalue weighted by atomic mass is 10.1. The average Bonchev–Trinajstić information content (AvgIpc) is 2.64. The Labute approximate surface area is 129 Å². The number of hydrogen-bond acceptors (Lipinski definition) is 4. The van der Waals surface area contributed by atoms with Crippen molar-refractivity contribution in [1.29, 1.82) is 0 Å². The third kappa shape index (κ3) is 2.44. The molecular formula is C13H16BrN5O2. The molecule has 0 aliphatic carbocycles. The second-order valence-electron chi connectivity index (χ2n) is 5.13. The number of nitrogens with zero attached hydrogens (tertiary/aromatic N) is 4. The number of halogens is 1. The summed E-state index contributed by atoms with van der Waals surface area (Å²) in [5, 5.41) is 9.47. The van der Waals surface area contributed by atoms with E-state index in [0.29, 0.717) is 28.3 Å². The lowest BCUT2D eigenvalue weighted by molar-refractivity contribution is 0.123.